The molecule has 69 valence electrons. The average molecular weight is 198 g/mol. The lowest BCUT2D eigenvalue weighted by molar-refractivity contribution is 0.102. The van der Waals surface area contributed by atoms with Crippen molar-refractivity contribution in [2.75, 3.05) is 5.75 Å². The van der Waals surface area contributed by atoms with Crippen molar-refractivity contribution in [1.29, 1.82) is 0 Å². The number of sulfonamides is 1. The fourth-order valence-corrected chi connectivity index (χ4v) is 1.37. The quantitative estimate of drug-likeness (QED) is 0.692. The van der Waals surface area contributed by atoms with Crippen LogP contribution in [0.25, 0.3) is 0 Å². The van der Waals surface area contributed by atoms with Gasteiger partial charge in [0.2, 0.25) is 10.0 Å². The van der Waals surface area contributed by atoms with E-state index in [0.717, 1.165) is 0 Å². The lowest BCUT2D eigenvalue weighted by atomic mass is 10.2. The summed E-state index contributed by atoms with van der Waals surface area (Å²) in [6.07, 6.45) is 0. The van der Waals surface area contributed by atoms with Crippen LogP contribution in [0.4, 0.5) is 0 Å². The first-order valence-corrected chi connectivity index (χ1v) is 5.20. The fraction of sp³-hybridized carbons (Fsp3) is 0.125. The molecule has 0 atom stereocenters. The largest absolute Gasteiger partial charge is 0.293 e. The molecule has 0 aliphatic rings. The smallest absolute Gasteiger partial charge is 0.216 e. The predicted octanol–water partition coefficient (Wildman–Crippen LogP) is -0.0420. The summed E-state index contributed by atoms with van der Waals surface area (Å²) >= 11 is 0. The third kappa shape index (κ3) is 3.35. The Labute approximate surface area is 76.4 Å². The van der Waals surface area contributed by atoms with Crippen LogP contribution in [-0.2, 0) is 10.0 Å². The topological polar surface area (TPSA) is 77.2 Å². The molecular weight excluding hydrogens is 190 g/mol. The average Bonchev–Trinajstić information content (AvgIpc) is 2.03. The van der Waals surface area contributed by atoms with E-state index in [1.165, 1.54) is 24.3 Å². The van der Waals surface area contributed by atoms with Crippen molar-refractivity contribution < 1.29 is 13.2 Å². The normalized spacial score (nSPS) is 11.2. The molecular formula is C8H8NO3S. The van der Waals surface area contributed by atoms with Gasteiger partial charge >= 0.3 is 0 Å². The Morgan fingerprint density at radius 2 is 1.92 bits per heavy atom. The van der Waals surface area contributed by atoms with Gasteiger partial charge in [0.05, 0.1) is 0 Å². The Bertz CT molecular complexity index is 397. The number of rotatable bonds is 3. The molecule has 1 radical (unpaired) electrons. The summed E-state index contributed by atoms with van der Waals surface area (Å²) in [4.78, 5) is 11.2. The number of nitrogens with two attached hydrogens (primary N) is 1. The molecule has 0 saturated heterocycles. The molecule has 5 heteroatoms. The van der Waals surface area contributed by atoms with E-state index < -0.39 is 21.6 Å². The Hall–Kier alpha value is -1.20. The van der Waals surface area contributed by atoms with Crippen molar-refractivity contribution in [3.63, 3.8) is 0 Å². The van der Waals surface area contributed by atoms with Crippen molar-refractivity contribution in [3.8, 4) is 0 Å². The second-order valence-electron chi connectivity index (χ2n) is 2.52. The van der Waals surface area contributed by atoms with Crippen LogP contribution in [0.15, 0.2) is 24.3 Å². The number of Topliss-reactive ketones (excluding diaryl/α,β-unsaturated/α-hetero) is 1. The number of carbonyl (C=O) groups is 1. The summed E-state index contributed by atoms with van der Waals surface area (Å²) in [5.74, 6) is -1.16. The van der Waals surface area contributed by atoms with Crippen LogP contribution in [0.3, 0.4) is 0 Å². The summed E-state index contributed by atoms with van der Waals surface area (Å²) in [5.41, 5.74) is 0.327. The van der Waals surface area contributed by atoms with E-state index in [4.69, 9.17) is 5.14 Å². The van der Waals surface area contributed by atoms with E-state index in [2.05, 4.69) is 6.07 Å². The Balaban J connectivity index is 2.82. The van der Waals surface area contributed by atoms with Crippen LogP contribution in [-0.4, -0.2) is 20.0 Å². The fourth-order valence-electron chi connectivity index (χ4n) is 0.839. The highest BCUT2D eigenvalue weighted by Crippen LogP contribution is 2.00. The first-order valence-electron chi connectivity index (χ1n) is 3.49. The van der Waals surface area contributed by atoms with E-state index in [0.29, 0.717) is 5.56 Å². The molecule has 1 aromatic carbocycles. The summed E-state index contributed by atoms with van der Waals surface area (Å²) in [7, 11) is -3.73. The number of ketones is 1. The highest BCUT2D eigenvalue weighted by atomic mass is 32.2. The maximum atomic E-state index is 11.2. The Morgan fingerprint density at radius 3 is 2.38 bits per heavy atom. The van der Waals surface area contributed by atoms with Crippen molar-refractivity contribution in [3.05, 3.63) is 35.9 Å². The third-order valence-electron chi connectivity index (χ3n) is 1.37. The van der Waals surface area contributed by atoms with E-state index in [9.17, 15) is 13.2 Å². The molecule has 0 heterocycles. The second-order valence-corrected chi connectivity index (χ2v) is 4.13. The van der Waals surface area contributed by atoms with Crippen molar-refractivity contribution in [2.24, 2.45) is 5.14 Å². The first kappa shape index (κ1) is 9.88. The standard InChI is InChI=1S/C8H8NO3S/c9-13(11,12)6-8(10)7-4-2-1-3-5-7/h2-5H,6H2,(H2,9,11,12). The molecule has 0 aliphatic heterocycles. The Morgan fingerprint density at radius 1 is 1.38 bits per heavy atom. The minimum atomic E-state index is -3.73. The molecule has 0 amide bonds. The highest BCUT2D eigenvalue weighted by molar-refractivity contribution is 7.89. The lowest BCUT2D eigenvalue weighted by Gasteiger charge is -1.97. The van der Waals surface area contributed by atoms with Gasteiger partial charge in [0.25, 0.3) is 0 Å². The minimum Gasteiger partial charge on any atom is -0.293 e. The van der Waals surface area contributed by atoms with Gasteiger partial charge in [0.1, 0.15) is 5.75 Å². The maximum Gasteiger partial charge on any atom is 0.216 e. The SMILES string of the molecule is NS(=O)(=O)CC(=O)c1cc[c]cc1. The van der Waals surface area contributed by atoms with Gasteiger partial charge in [-0.05, 0) is 6.07 Å². The van der Waals surface area contributed by atoms with Crippen molar-refractivity contribution in [1.82, 2.24) is 0 Å². The van der Waals surface area contributed by atoms with Crippen LogP contribution in [0.1, 0.15) is 10.4 Å². The van der Waals surface area contributed by atoms with Gasteiger partial charge in [-0.25, -0.2) is 13.6 Å². The van der Waals surface area contributed by atoms with E-state index >= 15 is 0 Å². The summed E-state index contributed by atoms with van der Waals surface area (Å²) in [6, 6.07) is 8.78. The summed E-state index contributed by atoms with van der Waals surface area (Å²) in [5, 5.41) is 4.72. The molecule has 4 nitrogen and oxygen atoms in total. The van der Waals surface area contributed by atoms with E-state index in [1.807, 2.05) is 0 Å². The molecule has 0 bridgehead atoms. The second kappa shape index (κ2) is 3.68. The van der Waals surface area contributed by atoms with Crippen molar-refractivity contribution >= 4 is 15.8 Å². The molecule has 0 saturated carbocycles. The van der Waals surface area contributed by atoms with Crippen LogP contribution in [0.5, 0.6) is 0 Å². The number of hydrogen-bond donors (Lipinski definition) is 1. The third-order valence-corrected chi connectivity index (χ3v) is 2.04. The molecule has 0 fully saturated rings. The zero-order chi connectivity index (χ0) is 9.90. The first-order chi connectivity index (χ1) is 5.99. The predicted molar refractivity (Wildman–Crippen MR) is 47.6 cm³/mol. The van der Waals surface area contributed by atoms with E-state index in [-0.39, 0.29) is 0 Å². The molecule has 0 spiro atoms. The molecule has 2 N–H and O–H groups in total. The Kier molecular flexibility index (Phi) is 2.79. The summed E-state index contributed by atoms with van der Waals surface area (Å²) in [6.45, 7) is 0. The van der Waals surface area contributed by atoms with Crippen LogP contribution < -0.4 is 5.14 Å². The van der Waals surface area contributed by atoms with Gasteiger partial charge in [-0.15, -0.1) is 0 Å². The van der Waals surface area contributed by atoms with Crippen LogP contribution >= 0.6 is 0 Å². The number of primary sulfonamides is 1. The lowest BCUT2D eigenvalue weighted by Crippen LogP contribution is -2.23. The molecule has 0 aromatic heterocycles. The van der Waals surface area contributed by atoms with Gasteiger partial charge in [-0.1, -0.05) is 24.3 Å². The molecule has 0 unspecified atom stereocenters. The maximum absolute atomic E-state index is 11.2. The number of benzene rings is 1. The zero-order valence-corrected chi connectivity index (χ0v) is 7.54. The van der Waals surface area contributed by atoms with Gasteiger partial charge in [-0.3, -0.25) is 4.79 Å². The summed E-state index contributed by atoms with van der Waals surface area (Å²) < 4.78 is 21.1. The molecule has 0 aliphatic carbocycles. The minimum absolute atomic E-state index is 0.327. The molecule has 13 heavy (non-hydrogen) atoms. The number of hydrogen-bond acceptors (Lipinski definition) is 3. The van der Waals surface area contributed by atoms with E-state index in [1.54, 1.807) is 0 Å². The van der Waals surface area contributed by atoms with Gasteiger partial charge < -0.3 is 0 Å². The van der Waals surface area contributed by atoms with Crippen LogP contribution in [0.2, 0.25) is 0 Å². The van der Waals surface area contributed by atoms with Crippen molar-refractivity contribution in [2.45, 2.75) is 0 Å². The monoisotopic (exact) mass is 198 g/mol. The van der Waals surface area contributed by atoms with Gasteiger partial charge in [0, 0.05) is 5.56 Å². The van der Waals surface area contributed by atoms with Gasteiger partial charge in [0.15, 0.2) is 5.78 Å². The zero-order valence-electron chi connectivity index (χ0n) is 6.73. The van der Waals surface area contributed by atoms with Gasteiger partial charge in [-0.2, -0.15) is 0 Å². The van der Waals surface area contributed by atoms with Crippen LogP contribution in [0, 0.1) is 6.07 Å². The number of carbonyl (C=O) groups excluding carboxylic acids is 1. The highest BCUT2D eigenvalue weighted by Gasteiger charge is 2.12. The molecule has 1 rings (SSSR count). The molecule has 1 aromatic rings.